The van der Waals surface area contributed by atoms with Crippen LogP contribution in [-0.2, 0) is 0 Å². The van der Waals surface area contributed by atoms with Crippen molar-refractivity contribution in [1.29, 1.82) is 0 Å². The van der Waals surface area contributed by atoms with E-state index in [-0.39, 0.29) is 0 Å². The van der Waals surface area contributed by atoms with Crippen molar-refractivity contribution in [3.8, 4) is 0 Å². The van der Waals surface area contributed by atoms with E-state index in [9.17, 15) is 0 Å². The van der Waals surface area contributed by atoms with Gasteiger partial charge in [-0.15, -0.1) is 0 Å². The molecule has 0 aromatic rings. The third-order valence-electron chi connectivity index (χ3n) is 2.41. The van der Waals surface area contributed by atoms with Crippen LogP contribution >= 0.6 is 0 Å². The zero-order valence-corrected chi connectivity index (χ0v) is 7.84. The first-order chi connectivity index (χ1) is 5.29. The molecule has 0 aromatic carbocycles. The van der Waals surface area contributed by atoms with Crippen LogP contribution in [0.1, 0.15) is 19.3 Å². The Morgan fingerprint density at radius 1 is 0.636 bits per heavy atom. The number of nitrogens with zero attached hydrogens (tertiary/aromatic N) is 2. The van der Waals surface area contributed by atoms with E-state index in [0.29, 0.717) is 0 Å². The quantitative estimate of drug-likeness (QED) is 0.405. The van der Waals surface area contributed by atoms with Crippen molar-refractivity contribution >= 4 is 16.0 Å². The van der Waals surface area contributed by atoms with Gasteiger partial charge in [0.1, 0.15) is 0 Å². The van der Waals surface area contributed by atoms with Crippen molar-refractivity contribution in [2.24, 2.45) is 0 Å². The van der Waals surface area contributed by atoms with Gasteiger partial charge >= 0.3 is 0 Å². The predicted octanol–water partition coefficient (Wildman–Crippen LogP) is -1.13. The topological polar surface area (TPSA) is 6.48 Å². The Kier molecular flexibility index (Phi) is 4.02. The van der Waals surface area contributed by atoms with E-state index in [1.807, 2.05) is 0 Å². The molecule has 11 heavy (non-hydrogen) atoms. The third-order valence-corrected chi connectivity index (χ3v) is 2.41. The second-order valence-corrected chi connectivity index (χ2v) is 3.67. The molecule has 0 radical (unpaired) electrons. The van der Waals surface area contributed by atoms with Gasteiger partial charge in [0.15, 0.2) is 16.0 Å². The fraction of sp³-hybridized carbons (Fsp3) is 1.00. The van der Waals surface area contributed by atoms with Crippen molar-refractivity contribution in [1.82, 2.24) is 9.62 Å². The van der Waals surface area contributed by atoms with E-state index >= 15 is 0 Å². The van der Waals surface area contributed by atoms with Gasteiger partial charge in [0.2, 0.25) is 0 Å². The van der Waals surface area contributed by atoms with Crippen LogP contribution in [0.4, 0.5) is 0 Å². The highest BCUT2D eigenvalue weighted by Gasteiger charge is 2.04. The molecule has 1 rings (SSSR count). The average Bonchev–Trinajstić information content (AvgIpc) is 2.04. The van der Waals surface area contributed by atoms with Crippen LogP contribution < -0.4 is 0 Å². The van der Waals surface area contributed by atoms with E-state index in [4.69, 9.17) is 0 Å². The van der Waals surface area contributed by atoms with Gasteiger partial charge < -0.3 is 9.62 Å². The van der Waals surface area contributed by atoms with Crippen LogP contribution in [0.5, 0.6) is 0 Å². The molecule has 0 amide bonds. The summed E-state index contributed by atoms with van der Waals surface area (Å²) in [5.74, 6) is 0. The molecule has 1 heterocycles. The molecule has 0 atom stereocenters. The number of rotatable bonds is 0. The molecule has 1 aliphatic heterocycles. The first-order valence-electron chi connectivity index (χ1n) is 4.66. The first-order valence-corrected chi connectivity index (χ1v) is 4.66. The lowest BCUT2D eigenvalue weighted by atomic mass is 10.2. The third kappa shape index (κ3) is 3.82. The van der Waals surface area contributed by atoms with Crippen LogP contribution in [0.15, 0.2) is 0 Å². The van der Waals surface area contributed by atoms with E-state index in [1.165, 1.54) is 45.4 Å². The minimum atomic E-state index is 1.27. The van der Waals surface area contributed by atoms with E-state index in [1.54, 1.807) is 0 Å². The molecule has 0 bridgehead atoms. The van der Waals surface area contributed by atoms with Crippen molar-refractivity contribution < 1.29 is 0 Å². The van der Waals surface area contributed by atoms with Gasteiger partial charge in [-0.1, -0.05) is 0 Å². The van der Waals surface area contributed by atoms with Gasteiger partial charge in [0, 0.05) is 0 Å². The zero-order chi connectivity index (χ0) is 8.10. The van der Waals surface area contributed by atoms with Gasteiger partial charge in [-0.2, -0.15) is 0 Å². The van der Waals surface area contributed by atoms with Gasteiger partial charge in [-0.3, -0.25) is 0 Å². The Hall–Kier alpha value is 0.0499. The summed E-state index contributed by atoms with van der Waals surface area (Å²) in [4.78, 5) is 4.89. The Morgan fingerprint density at radius 3 is 1.45 bits per heavy atom. The van der Waals surface area contributed by atoms with Gasteiger partial charge in [-0.05, 0) is 45.4 Å². The molecular formula is C7H18B2N2. The van der Waals surface area contributed by atoms with Crippen LogP contribution in [-0.4, -0.2) is 51.8 Å². The lowest BCUT2D eigenvalue weighted by Gasteiger charge is -2.15. The highest BCUT2D eigenvalue weighted by Crippen LogP contribution is 2.00. The second-order valence-electron chi connectivity index (χ2n) is 3.67. The molecule has 0 N–H and O–H groups in total. The summed E-state index contributed by atoms with van der Waals surface area (Å²) in [5, 5.41) is 0. The largest absolute Gasteiger partial charge is 0.349 e. The second kappa shape index (κ2) is 4.83. The van der Waals surface area contributed by atoms with E-state index < -0.39 is 0 Å². The smallest absolute Gasteiger partial charge is 0.185 e. The minimum absolute atomic E-state index is 1.27. The summed E-state index contributed by atoms with van der Waals surface area (Å²) in [6.45, 7) is 5.11. The normalized spacial score (nSPS) is 25.5. The average molecular weight is 152 g/mol. The molecule has 0 aliphatic carbocycles. The molecule has 0 unspecified atom stereocenters. The SMILES string of the molecule is BN1CCCCN(B)CCC1. The van der Waals surface area contributed by atoms with Crippen LogP contribution in [0, 0.1) is 0 Å². The molecule has 0 saturated carbocycles. The van der Waals surface area contributed by atoms with Crippen LogP contribution in [0.25, 0.3) is 0 Å². The first kappa shape index (κ1) is 9.14. The van der Waals surface area contributed by atoms with E-state index in [2.05, 4.69) is 25.6 Å². The fourth-order valence-corrected chi connectivity index (χ4v) is 1.60. The Balaban J connectivity index is 2.24. The zero-order valence-electron chi connectivity index (χ0n) is 7.84. The molecule has 1 fully saturated rings. The Morgan fingerprint density at radius 2 is 1.00 bits per heavy atom. The summed E-state index contributed by atoms with van der Waals surface area (Å²) < 4.78 is 0. The summed E-state index contributed by atoms with van der Waals surface area (Å²) >= 11 is 0. The Bertz CT molecular complexity index is 98.6. The molecule has 1 aliphatic rings. The number of hydrogen-bond donors (Lipinski definition) is 0. The standard InChI is InChI=1S/C7H18B2N2/c8-10-4-1-2-5-11(9)7-3-6-10/h1-9H2. The van der Waals surface area contributed by atoms with Gasteiger partial charge in [0.25, 0.3) is 0 Å². The lowest BCUT2D eigenvalue weighted by molar-refractivity contribution is 0.423. The molecule has 0 spiro atoms. The van der Waals surface area contributed by atoms with Crippen molar-refractivity contribution in [2.75, 3.05) is 26.2 Å². The number of hydrogen-bond acceptors (Lipinski definition) is 2. The predicted molar refractivity (Wildman–Crippen MR) is 54.1 cm³/mol. The van der Waals surface area contributed by atoms with Gasteiger partial charge in [0.05, 0.1) is 0 Å². The van der Waals surface area contributed by atoms with E-state index in [0.717, 1.165) is 0 Å². The van der Waals surface area contributed by atoms with Gasteiger partial charge in [-0.25, -0.2) is 0 Å². The lowest BCUT2D eigenvalue weighted by Crippen LogP contribution is -2.25. The molecular weight excluding hydrogens is 134 g/mol. The van der Waals surface area contributed by atoms with Crippen molar-refractivity contribution in [3.05, 3.63) is 0 Å². The molecule has 1 saturated heterocycles. The fourth-order valence-electron chi connectivity index (χ4n) is 1.60. The summed E-state index contributed by atoms with van der Waals surface area (Å²) in [6, 6.07) is 0. The molecule has 62 valence electrons. The molecule has 4 heteroatoms. The van der Waals surface area contributed by atoms with Crippen molar-refractivity contribution in [3.63, 3.8) is 0 Å². The molecule has 0 aromatic heterocycles. The maximum atomic E-state index is 2.44. The van der Waals surface area contributed by atoms with Crippen LogP contribution in [0.3, 0.4) is 0 Å². The monoisotopic (exact) mass is 152 g/mol. The summed E-state index contributed by atoms with van der Waals surface area (Å²) in [7, 11) is 4.46. The highest BCUT2D eigenvalue weighted by atomic mass is 15.1. The maximum absolute atomic E-state index is 2.44. The maximum Gasteiger partial charge on any atom is 0.185 e. The molecule has 2 nitrogen and oxygen atoms in total. The Labute approximate surface area is 71.8 Å². The van der Waals surface area contributed by atoms with Crippen LogP contribution in [0.2, 0.25) is 0 Å². The highest BCUT2D eigenvalue weighted by molar-refractivity contribution is 6.04. The van der Waals surface area contributed by atoms with Crippen molar-refractivity contribution in [2.45, 2.75) is 19.3 Å². The summed E-state index contributed by atoms with van der Waals surface area (Å²) in [5.41, 5.74) is 0. The summed E-state index contributed by atoms with van der Waals surface area (Å²) in [6.07, 6.45) is 4.05. The minimum Gasteiger partial charge on any atom is -0.349 e.